The fraction of sp³-hybridized carbons (Fsp3) is 0.600. The fourth-order valence-electron chi connectivity index (χ4n) is 3.41. The third-order valence-corrected chi connectivity index (χ3v) is 5.11. The molecule has 1 saturated heterocycles. The SMILES string of the molecule is CCCCCCCCNc1ccc(-c2noc(C3CCN(C(=O)O)C3)n2)cn1. The van der Waals surface area contributed by atoms with Gasteiger partial charge in [0, 0.05) is 31.4 Å². The molecule has 0 radical (unpaired) electrons. The van der Waals surface area contributed by atoms with Crippen LogP contribution < -0.4 is 5.32 Å². The molecule has 152 valence electrons. The number of pyridine rings is 1. The van der Waals surface area contributed by atoms with Crippen molar-refractivity contribution >= 4 is 11.9 Å². The minimum atomic E-state index is -0.907. The molecule has 1 fully saturated rings. The Kier molecular flexibility index (Phi) is 7.22. The first-order valence-corrected chi connectivity index (χ1v) is 10.2. The summed E-state index contributed by atoms with van der Waals surface area (Å²) in [5, 5.41) is 16.4. The van der Waals surface area contributed by atoms with Gasteiger partial charge in [-0.15, -0.1) is 0 Å². The number of hydrogen-bond donors (Lipinski definition) is 2. The summed E-state index contributed by atoms with van der Waals surface area (Å²) in [6, 6.07) is 3.84. The molecule has 0 aliphatic carbocycles. The molecule has 0 bridgehead atoms. The van der Waals surface area contributed by atoms with Crippen LogP contribution in [-0.2, 0) is 0 Å². The normalized spacial score (nSPS) is 16.5. The van der Waals surface area contributed by atoms with Crippen molar-refractivity contribution < 1.29 is 14.4 Å². The van der Waals surface area contributed by atoms with Gasteiger partial charge < -0.3 is 19.8 Å². The average Bonchev–Trinajstić information content (AvgIpc) is 3.37. The summed E-state index contributed by atoms with van der Waals surface area (Å²) in [6.45, 7) is 4.05. The number of likely N-dealkylation sites (tertiary alicyclic amines) is 1. The number of anilines is 1. The van der Waals surface area contributed by atoms with Crippen molar-refractivity contribution in [1.29, 1.82) is 0 Å². The molecule has 2 aromatic heterocycles. The van der Waals surface area contributed by atoms with Gasteiger partial charge in [0.1, 0.15) is 5.82 Å². The number of nitrogens with one attached hydrogen (secondary N) is 1. The van der Waals surface area contributed by atoms with Crippen molar-refractivity contribution in [3.63, 3.8) is 0 Å². The molecule has 2 N–H and O–H groups in total. The van der Waals surface area contributed by atoms with Gasteiger partial charge in [0.2, 0.25) is 11.7 Å². The van der Waals surface area contributed by atoms with E-state index in [-0.39, 0.29) is 5.92 Å². The zero-order chi connectivity index (χ0) is 19.8. The number of nitrogens with zero attached hydrogens (tertiary/aromatic N) is 4. The van der Waals surface area contributed by atoms with Crippen molar-refractivity contribution in [2.45, 2.75) is 57.8 Å². The van der Waals surface area contributed by atoms with Gasteiger partial charge in [-0.05, 0) is 25.0 Å². The second-order valence-electron chi connectivity index (χ2n) is 7.30. The summed E-state index contributed by atoms with van der Waals surface area (Å²) < 4.78 is 5.36. The molecule has 0 saturated carbocycles. The molecular weight excluding hydrogens is 358 g/mol. The largest absolute Gasteiger partial charge is 0.465 e. The number of rotatable bonds is 10. The molecule has 0 aromatic carbocycles. The minimum Gasteiger partial charge on any atom is -0.465 e. The van der Waals surface area contributed by atoms with Crippen LogP contribution in [0.5, 0.6) is 0 Å². The quantitative estimate of drug-likeness (QED) is 0.583. The summed E-state index contributed by atoms with van der Waals surface area (Å²) in [5.74, 6) is 1.78. The van der Waals surface area contributed by atoms with Gasteiger partial charge in [-0.2, -0.15) is 4.98 Å². The van der Waals surface area contributed by atoms with Crippen LogP contribution in [0.3, 0.4) is 0 Å². The Hall–Kier alpha value is -2.64. The minimum absolute atomic E-state index is 0.0384. The molecule has 3 rings (SSSR count). The molecule has 0 spiro atoms. The molecule has 2 aromatic rings. The van der Waals surface area contributed by atoms with Gasteiger partial charge in [0.25, 0.3) is 0 Å². The van der Waals surface area contributed by atoms with Crippen molar-refractivity contribution in [2.24, 2.45) is 0 Å². The van der Waals surface area contributed by atoms with E-state index in [2.05, 4.69) is 27.4 Å². The van der Waals surface area contributed by atoms with Gasteiger partial charge in [-0.1, -0.05) is 44.2 Å². The highest BCUT2D eigenvalue weighted by molar-refractivity contribution is 5.65. The van der Waals surface area contributed by atoms with E-state index in [1.54, 1.807) is 6.20 Å². The number of aromatic nitrogens is 3. The van der Waals surface area contributed by atoms with Crippen LogP contribution in [0.1, 0.15) is 63.7 Å². The molecule has 28 heavy (non-hydrogen) atoms. The summed E-state index contributed by atoms with van der Waals surface area (Å²) >= 11 is 0. The highest BCUT2D eigenvalue weighted by atomic mass is 16.5. The Balaban J connectivity index is 1.46. The molecule has 3 heterocycles. The number of hydrogen-bond acceptors (Lipinski definition) is 6. The first kappa shape index (κ1) is 20.1. The van der Waals surface area contributed by atoms with Gasteiger partial charge in [0.15, 0.2) is 0 Å². The number of amides is 1. The average molecular weight is 387 g/mol. The highest BCUT2D eigenvalue weighted by Crippen LogP contribution is 2.27. The van der Waals surface area contributed by atoms with E-state index < -0.39 is 6.09 Å². The van der Waals surface area contributed by atoms with Crippen LogP contribution >= 0.6 is 0 Å². The van der Waals surface area contributed by atoms with Gasteiger partial charge in [0.05, 0.1) is 5.92 Å². The van der Waals surface area contributed by atoms with E-state index in [0.717, 1.165) is 24.3 Å². The summed E-state index contributed by atoms with van der Waals surface area (Å²) in [5.41, 5.74) is 0.785. The van der Waals surface area contributed by atoms with E-state index in [0.29, 0.717) is 31.2 Å². The summed E-state index contributed by atoms with van der Waals surface area (Å²) in [4.78, 5) is 21.3. The maximum absolute atomic E-state index is 11.0. The lowest BCUT2D eigenvalue weighted by Crippen LogP contribution is -2.26. The van der Waals surface area contributed by atoms with E-state index >= 15 is 0 Å². The third-order valence-electron chi connectivity index (χ3n) is 5.11. The first-order chi connectivity index (χ1) is 13.7. The van der Waals surface area contributed by atoms with Gasteiger partial charge in [-0.25, -0.2) is 9.78 Å². The lowest BCUT2D eigenvalue weighted by Gasteiger charge is -2.09. The molecular formula is C20H29N5O3. The molecule has 1 atom stereocenters. The molecule has 8 nitrogen and oxygen atoms in total. The maximum Gasteiger partial charge on any atom is 0.407 e. The number of unbranched alkanes of at least 4 members (excludes halogenated alkanes) is 5. The van der Waals surface area contributed by atoms with Gasteiger partial charge in [-0.3, -0.25) is 0 Å². The second kappa shape index (κ2) is 10.1. The van der Waals surface area contributed by atoms with Crippen LogP contribution in [0.25, 0.3) is 11.4 Å². The zero-order valence-corrected chi connectivity index (χ0v) is 16.4. The molecule has 1 amide bonds. The van der Waals surface area contributed by atoms with Crippen molar-refractivity contribution in [2.75, 3.05) is 25.0 Å². The molecule has 1 aliphatic rings. The van der Waals surface area contributed by atoms with Crippen LogP contribution in [0.2, 0.25) is 0 Å². The zero-order valence-electron chi connectivity index (χ0n) is 16.4. The standard InChI is InChI=1S/C20H29N5O3/c1-2-3-4-5-6-7-11-21-17-9-8-15(13-22-17)18-23-19(28-24-18)16-10-12-25(14-16)20(26)27/h8-9,13,16H,2-7,10-12,14H2,1H3,(H,21,22)(H,26,27). The van der Waals surface area contributed by atoms with E-state index in [1.807, 2.05) is 12.1 Å². The number of carbonyl (C=O) groups is 1. The van der Waals surface area contributed by atoms with Gasteiger partial charge >= 0.3 is 6.09 Å². The maximum atomic E-state index is 11.0. The molecule has 1 aliphatic heterocycles. The predicted octanol–water partition coefficient (Wildman–Crippen LogP) is 4.37. The predicted molar refractivity (Wildman–Crippen MR) is 106 cm³/mol. The van der Waals surface area contributed by atoms with Crippen molar-refractivity contribution in [3.8, 4) is 11.4 Å². The lowest BCUT2D eigenvalue weighted by atomic mass is 10.1. The van der Waals surface area contributed by atoms with Crippen LogP contribution in [0.15, 0.2) is 22.9 Å². The summed E-state index contributed by atoms with van der Waals surface area (Å²) in [6.07, 6.45) is 9.15. The topological polar surface area (TPSA) is 104 Å². The van der Waals surface area contributed by atoms with E-state index in [1.165, 1.54) is 37.0 Å². The summed E-state index contributed by atoms with van der Waals surface area (Å²) in [7, 11) is 0. The van der Waals surface area contributed by atoms with Crippen LogP contribution in [-0.4, -0.2) is 50.9 Å². The Labute approximate surface area is 165 Å². The second-order valence-corrected chi connectivity index (χ2v) is 7.30. The van der Waals surface area contributed by atoms with E-state index in [4.69, 9.17) is 9.63 Å². The lowest BCUT2D eigenvalue weighted by molar-refractivity contribution is 0.154. The third kappa shape index (κ3) is 5.43. The van der Waals surface area contributed by atoms with Crippen LogP contribution in [0, 0.1) is 0 Å². The van der Waals surface area contributed by atoms with Crippen LogP contribution in [0.4, 0.5) is 10.6 Å². The first-order valence-electron chi connectivity index (χ1n) is 10.2. The monoisotopic (exact) mass is 387 g/mol. The fourth-order valence-corrected chi connectivity index (χ4v) is 3.41. The van der Waals surface area contributed by atoms with E-state index in [9.17, 15) is 4.79 Å². The Morgan fingerprint density at radius 2 is 2.11 bits per heavy atom. The Bertz CT molecular complexity index is 747. The molecule has 8 heteroatoms. The van der Waals surface area contributed by atoms with Crippen molar-refractivity contribution in [1.82, 2.24) is 20.0 Å². The highest BCUT2D eigenvalue weighted by Gasteiger charge is 2.31. The molecule has 1 unspecified atom stereocenters. The van der Waals surface area contributed by atoms with Crippen molar-refractivity contribution in [3.05, 3.63) is 24.2 Å². The number of carboxylic acid groups (broad SMARTS) is 1. The smallest absolute Gasteiger partial charge is 0.407 e. The Morgan fingerprint density at radius 3 is 2.82 bits per heavy atom. The Morgan fingerprint density at radius 1 is 1.29 bits per heavy atom.